The van der Waals surface area contributed by atoms with E-state index in [2.05, 4.69) is 20.3 Å². The van der Waals surface area contributed by atoms with Gasteiger partial charge < -0.3 is 28.7 Å². The van der Waals surface area contributed by atoms with E-state index in [0.717, 1.165) is 20.8 Å². The van der Waals surface area contributed by atoms with Crippen LogP contribution >= 0.6 is 12.2 Å². The Morgan fingerprint density at radius 3 is 2.14 bits per heavy atom. The van der Waals surface area contributed by atoms with Crippen LogP contribution in [0.2, 0.25) is 0 Å². The number of carbonyl (C=O) groups is 5. The Bertz CT molecular complexity index is 1290. The monoisotopic (exact) mass is 539 g/mol. The Kier molecular flexibility index (Phi) is 8.54. The van der Waals surface area contributed by atoms with E-state index in [4.69, 9.17) is 35.9 Å². The number of hydrogen-bond donors (Lipinski definition) is 2. The van der Waals surface area contributed by atoms with Gasteiger partial charge in [0.2, 0.25) is 11.9 Å². The molecule has 2 N–H and O–H groups in total. The SMILES string of the molecule is CC(=O)Nc1nc(=S)c2ncn([C@@H]3O[C@H](COC(C)=O)[C@@H](OC(C)=O)[C@H](OC(C)=O)[C@H]3OC(C)=O)c2[nH]1. The summed E-state index contributed by atoms with van der Waals surface area (Å²) in [5, 5.41) is 2.48. The maximum Gasteiger partial charge on any atom is 0.303 e. The Morgan fingerprint density at radius 1 is 0.973 bits per heavy atom. The second kappa shape index (κ2) is 11.4. The van der Waals surface area contributed by atoms with Crippen LogP contribution < -0.4 is 5.32 Å². The van der Waals surface area contributed by atoms with Crippen LogP contribution in [0.25, 0.3) is 11.2 Å². The van der Waals surface area contributed by atoms with Crippen LogP contribution in [0.1, 0.15) is 40.8 Å². The summed E-state index contributed by atoms with van der Waals surface area (Å²) in [6, 6.07) is 0. The van der Waals surface area contributed by atoms with Crippen molar-refractivity contribution in [3.63, 3.8) is 0 Å². The highest BCUT2D eigenvalue weighted by atomic mass is 32.1. The third-order valence-electron chi connectivity index (χ3n) is 4.98. The summed E-state index contributed by atoms with van der Waals surface area (Å²) in [6.07, 6.45) is -5.17. The van der Waals surface area contributed by atoms with Crippen LogP contribution in [0.4, 0.5) is 5.95 Å². The summed E-state index contributed by atoms with van der Waals surface area (Å²) in [7, 11) is 0. The fourth-order valence-electron chi connectivity index (χ4n) is 3.78. The van der Waals surface area contributed by atoms with Crippen molar-refractivity contribution in [1.29, 1.82) is 0 Å². The average molecular weight is 540 g/mol. The minimum Gasteiger partial charge on any atom is -0.463 e. The van der Waals surface area contributed by atoms with Crippen molar-refractivity contribution < 1.29 is 47.7 Å². The first-order valence-electron chi connectivity index (χ1n) is 10.9. The normalized spacial score (nSPS) is 23.1. The quantitative estimate of drug-likeness (QED) is 0.284. The van der Waals surface area contributed by atoms with E-state index in [1.807, 2.05) is 0 Å². The predicted octanol–water partition coefficient (Wildman–Crippen LogP) is 0.703. The smallest absolute Gasteiger partial charge is 0.303 e. The van der Waals surface area contributed by atoms with Crippen LogP contribution in [0.15, 0.2) is 6.33 Å². The molecule has 1 aliphatic heterocycles. The molecule has 0 unspecified atom stereocenters. The van der Waals surface area contributed by atoms with Gasteiger partial charge >= 0.3 is 23.9 Å². The number of amides is 1. The Hall–Kier alpha value is -3.92. The highest BCUT2D eigenvalue weighted by Crippen LogP contribution is 2.36. The molecule has 0 radical (unpaired) electrons. The lowest BCUT2D eigenvalue weighted by molar-refractivity contribution is -0.267. The molecule has 2 aromatic heterocycles. The number of carbonyl (C=O) groups excluding carboxylic acids is 5. The van der Waals surface area contributed by atoms with E-state index in [9.17, 15) is 24.0 Å². The number of hydrogen-bond acceptors (Lipinski definition) is 13. The number of ether oxygens (including phenoxy) is 5. The van der Waals surface area contributed by atoms with Gasteiger partial charge in [0.25, 0.3) is 0 Å². The largest absolute Gasteiger partial charge is 0.463 e. The Labute approximate surface area is 214 Å². The minimum absolute atomic E-state index is 0.0115. The van der Waals surface area contributed by atoms with Crippen LogP contribution in [0, 0.1) is 4.64 Å². The van der Waals surface area contributed by atoms with Gasteiger partial charge in [0, 0.05) is 34.6 Å². The molecule has 3 heterocycles. The number of aromatic nitrogens is 4. The number of fused-ring (bicyclic) bond motifs is 1. The van der Waals surface area contributed by atoms with E-state index < -0.39 is 67.0 Å². The number of aromatic amines is 1. The average Bonchev–Trinajstić information content (AvgIpc) is 3.18. The topological polar surface area (TPSA) is 190 Å². The molecule has 0 spiro atoms. The molecular weight excluding hydrogens is 514 g/mol. The third kappa shape index (κ3) is 6.65. The highest BCUT2D eigenvalue weighted by molar-refractivity contribution is 7.71. The first-order valence-corrected chi connectivity index (χ1v) is 11.3. The summed E-state index contributed by atoms with van der Waals surface area (Å²) in [4.78, 5) is 70.3. The van der Waals surface area contributed by atoms with E-state index in [0.29, 0.717) is 0 Å². The molecule has 3 rings (SSSR count). The van der Waals surface area contributed by atoms with E-state index in [1.165, 1.54) is 24.7 Å². The zero-order chi connectivity index (χ0) is 27.4. The third-order valence-corrected chi connectivity index (χ3v) is 5.27. The van der Waals surface area contributed by atoms with E-state index >= 15 is 0 Å². The lowest BCUT2D eigenvalue weighted by Crippen LogP contribution is -2.60. The molecule has 2 aromatic rings. The van der Waals surface area contributed by atoms with Gasteiger partial charge in [0.05, 0.1) is 6.33 Å². The summed E-state index contributed by atoms with van der Waals surface area (Å²) in [5.74, 6) is -3.32. The highest BCUT2D eigenvalue weighted by Gasteiger charge is 2.53. The lowest BCUT2D eigenvalue weighted by Gasteiger charge is -2.44. The van der Waals surface area contributed by atoms with Gasteiger partial charge in [-0.2, -0.15) is 0 Å². The van der Waals surface area contributed by atoms with Crippen molar-refractivity contribution >= 4 is 59.1 Å². The van der Waals surface area contributed by atoms with E-state index in [1.54, 1.807) is 0 Å². The first-order chi connectivity index (χ1) is 17.4. The molecule has 1 aliphatic rings. The Morgan fingerprint density at radius 2 is 1.57 bits per heavy atom. The number of anilines is 1. The van der Waals surface area contributed by atoms with Crippen molar-refractivity contribution in [3.8, 4) is 0 Å². The number of rotatable bonds is 7. The summed E-state index contributed by atoms with van der Waals surface area (Å²) in [5.41, 5.74) is 0.432. The molecule has 200 valence electrons. The van der Waals surface area contributed by atoms with Gasteiger partial charge in [-0.05, 0) is 0 Å². The molecule has 5 atom stereocenters. The van der Waals surface area contributed by atoms with Gasteiger partial charge in [0.1, 0.15) is 23.9 Å². The minimum atomic E-state index is -1.37. The molecule has 1 amide bonds. The van der Waals surface area contributed by atoms with Crippen molar-refractivity contribution in [1.82, 2.24) is 19.5 Å². The molecule has 1 fully saturated rings. The number of esters is 4. The molecule has 37 heavy (non-hydrogen) atoms. The van der Waals surface area contributed by atoms with Gasteiger partial charge in [-0.15, -0.1) is 0 Å². The fraction of sp³-hybridized carbons (Fsp3) is 0.524. The lowest BCUT2D eigenvalue weighted by atomic mass is 9.97. The molecule has 0 aromatic carbocycles. The van der Waals surface area contributed by atoms with Crippen molar-refractivity contribution in [2.24, 2.45) is 0 Å². The van der Waals surface area contributed by atoms with E-state index in [-0.39, 0.29) is 21.8 Å². The standard InChI is InChI=1S/C21H25N5O10S/c1-8(27)23-21-24-18-14(19(37)25-21)22-7-26(18)20-17(35-12(5)31)16(34-11(4)30)15(33-10(3)29)13(36-20)6-32-9(2)28/h7,13,15-17,20H,6H2,1-5H3,(H2,23,24,25,27,37)/t13-,15-,16+,17-,20-/m1/s1. The Balaban J connectivity index is 2.19. The van der Waals surface area contributed by atoms with Crippen LogP contribution in [-0.4, -0.2) is 80.3 Å². The maximum absolute atomic E-state index is 12.1. The number of H-pyrrole nitrogens is 1. The predicted molar refractivity (Wildman–Crippen MR) is 124 cm³/mol. The fourth-order valence-corrected chi connectivity index (χ4v) is 4.02. The van der Waals surface area contributed by atoms with Gasteiger partial charge in [0.15, 0.2) is 29.2 Å². The summed E-state index contributed by atoms with van der Waals surface area (Å²) < 4.78 is 28.9. The number of nitrogens with zero attached hydrogens (tertiary/aromatic N) is 3. The second-order valence-electron chi connectivity index (χ2n) is 8.01. The van der Waals surface area contributed by atoms with Crippen molar-refractivity contribution in [2.75, 3.05) is 11.9 Å². The maximum atomic E-state index is 12.1. The van der Waals surface area contributed by atoms with Crippen LogP contribution in [0.5, 0.6) is 0 Å². The zero-order valence-electron chi connectivity index (χ0n) is 20.5. The summed E-state index contributed by atoms with van der Waals surface area (Å²) in [6.45, 7) is 5.44. The summed E-state index contributed by atoms with van der Waals surface area (Å²) >= 11 is 5.28. The van der Waals surface area contributed by atoms with Gasteiger partial charge in [-0.1, -0.05) is 12.2 Å². The molecule has 0 bridgehead atoms. The first kappa shape index (κ1) is 27.7. The number of nitrogens with one attached hydrogen (secondary N) is 2. The van der Waals surface area contributed by atoms with Gasteiger partial charge in [-0.25, -0.2) is 9.97 Å². The van der Waals surface area contributed by atoms with Crippen LogP contribution in [-0.2, 0) is 47.7 Å². The number of imidazole rings is 1. The molecule has 16 heteroatoms. The molecule has 0 aliphatic carbocycles. The molecular formula is C21H25N5O10S. The van der Waals surface area contributed by atoms with Crippen molar-refractivity contribution in [3.05, 3.63) is 11.0 Å². The zero-order valence-corrected chi connectivity index (χ0v) is 21.3. The van der Waals surface area contributed by atoms with Crippen LogP contribution in [0.3, 0.4) is 0 Å². The molecule has 1 saturated heterocycles. The molecule has 15 nitrogen and oxygen atoms in total. The van der Waals surface area contributed by atoms with Crippen molar-refractivity contribution in [2.45, 2.75) is 65.3 Å². The molecule has 0 saturated carbocycles. The van der Waals surface area contributed by atoms with Gasteiger partial charge in [-0.3, -0.25) is 33.9 Å². The second-order valence-corrected chi connectivity index (χ2v) is 8.40.